The summed E-state index contributed by atoms with van der Waals surface area (Å²) in [6, 6.07) is 6.03. The summed E-state index contributed by atoms with van der Waals surface area (Å²) < 4.78 is 0. The molecule has 2 heterocycles. The predicted molar refractivity (Wildman–Crippen MR) is 113 cm³/mol. The number of carbonyl (C=O) groups excluding carboxylic acids is 3. The van der Waals surface area contributed by atoms with Crippen LogP contribution in [-0.2, 0) is 14.4 Å². The SMILES string of the molecule is CCN1CCN(c2ccc(NC(=O)CN3CCN(CC)C(=O)C3=O)c(C)c2)CC1. The fourth-order valence-electron chi connectivity index (χ4n) is 3.84. The summed E-state index contributed by atoms with van der Waals surface area (Å²) in [5.74, 6) is -1.43. The number of piperazine rings is 2. The van der Waals surface area contributed by atoms with Crippen LogP contribution in [0.3, 0.4) is 0 Å². The molecule has 0 aromatic heterocycles. The monoisotopic (exact) mass is 401 g/mol. The first-order chi connectivity index (χ1) is 13.9. The van der Waals surface area contributed by atoms with Crippen LogP contribution in [0.15, 0.2) is 18.2 Å². The van der Waals surface area contributed by atoms with E-state index in [0.29, 0.717) is 19.6 Å². The van der Waals surface area contributed by atoms with Crippen molar-refractivity contribution in [3.63, 3.8) is 0 Å². The zero-order chi connectivity index (χ0) is 21.0. The van der Waals surface area contributed by atoms with Gasteiger partial charge in [0.25, 0.3) is 0 Å². The van der Waals surface area contributed by atoms with Gasteiger partial charge in [-0.2, -0.15) is 0 Å². The first-order valence-corrected chi connectivity index (χ1v) is 10.4. The van der Waals surface area contributed by atoms with E-state index in [1.807, 2.05) is 26.0 Å². The number of nitrogens with one attached hydrogen (secondary N) is 1. The summed E-state index contributed by atoms with van der Waals surface area (Å²) in [5.41, 5.74) is 2.87. The highest BCUT2D eigenvalue weighted by Crippen LogP contribution is 2.24. The molecule has 1 N–H and O–H groups in total. The van der Waals surface area contributed by atoms with E-state index >= 15 is 0 Å². The molecule has 2 saturated heterocycles. The van der Waals surface area contributed by atoms with Gasteiger partial charge in [-0.05, 0) is 44.2 Å². The minimum absolute atomic E-state index is 0.109. The first kappa shape index (κ1) is 21.1. The van der Waals surface area contributed by atoms with Crippen molar-refractivity contribution in [3.8, 4) is 0 Å². The molecule has 2 fully saturated rings. The van der Waals surface area contributed by atoms with Crippen LogP contribution in [0.2, 0.25) is 0 Å². The van der Waals surface area contributed by atoms with Crippen molar-refractivity contribution in [2.75, 3.05) is 69.1 Å². The molecule has 2 aliphatic heterocycles. The number of nitrogens with zero attached hydrogens (tertiary/aromatic N) is 4. The zero-order valence-electron chi connectivity index (χ0n) is 17.6. The van der Waals surface area contributed by atoms with E-state index in [2.05, 4.69) is 28.1 Å². The smallest absolute Gasteiger partial charge is 0.312 e. The van der Waals surface area contributed by atoms with Gasteiger partial charge in [-0.15, -0.1) is 0 Å². The third kappa shape index (κ3) is 4.87. The number of carbonyl (C=O) groups is 3. The molecule has 8 heteroatoms. The van der Waals surface area contributed by atoms with E-state index in [1.165, 1.54) is 9.80 Å². The van der Waals surface area contributed by atoms with Gasteiger partial charge < -0.3 is 24.9 Å². The Bertz CT molecular complexity index is 774. The van der Waals surface area contributed by atoms with Crippen molar-refractivity contribution in [2.24, 2.45) is 0 Å². The Kier molecular flexibility index (Phi) is 6.74. The lowest BCUT2D eigenvalue weighted by Gasteiger charge is -2.35. The molecule has 158 valence electrons. The van der Waals surface area contributed by atoms with Crippen LogP contribution in [-0.4, -0.2) is 91.3 Å². The molecule has 0 aliphatic carbocycles. The quantitative estimate of drug-likeness (QED) is 0.713. The van der Waals surface area contributed by atoms with Crippen molar-refractivity contribution in [1.29, 1.82) is 0 Å². The summed E-state index contributed by atoms with van der Waals surface area (Å²) in [6.45, 7) is 12.4. The van der Waals surface area contributed by atoms with Gasteiger partial charge in [0.05, 0.1) is 0 Å². The summed E-state index contributed by atoms with van der Waals surface area (Å²) in [5, 5.41) is 2.88. The largest absolute Gasteiger partial charge is 0.369 e. The zero-order valence-corrected chi connectivity index (χ0v) is 17.6. The lowest BCUT2D eigenvalue weighted by molar-refractivity contribution is -0.156. The molecule has 0 saturated carbocycles. The summed E-state index contributed by atoms with van der Waals surface area (Å²) in [7, 11) is 0. The molecule has 0 atom stereocenters. The number of anilines is 2. The van der Waals surface area contributed by atoms with E-state index in [4.69, 9.17) is 0 Å². The van der Waals surface area contributed by atoms with Gasteiger partial charge in [0.2, 0.25) is 5.91 Å². The third-order valence-corrected chi connectivity index (χ3v) is 5.78. The molecule has 0 unspecified atom stereocenters. The van der Waals surface area contributed by atoms with Crippen molar-refractivity contribution in [1.82, 2.24) is 14.7 Å². The highest BCUT2D eigenvalue weighted by atomic mass is 16.2. The maximum atomic E-state index is 12.4. The maximum absolute atomic E-state index is 12.4. The van der Waals surface area contributed by atoms with Gasteiger partial charge in [0, 0.05) is 57.2 Å². The molecular weight excluding hydrogens is 370 g/mol. The van der Waals surface area contributed by atoms with Crippen LogP contribution in [0.25, 0.3) is 0 Å². The van der Waals surface area contributed by atoms with E-state index < -0.39 is 11.8 Å². The second-order valence-electron chi connectivity index (χ2n) is 7.58. The number of benzene rings is 1. The van der Waals surface area contributed by atoms with E-state index in [-0.39, 0.29) is 12.5 Å². The predicted octanol–water partition coefficient (Wildman–Crippen LogP) is 0.766. The molecule has 8 nitrogen and oxygen atoms in total. The number of hydrogen-bond donors (Lipinski definition) is 1. The average molecular weight is 402 g/mol. The van der Waals surface area contributed by atoms with Crippen LogP contribution in [0.5, 0.6) is 0 Å². The lowest BCUT2D eigenvalue weighted by atomic mass is 10.1. The minimum Gasteiger partial charge on any atom is -0.369 e. The van der Waals surface area contributed by atoms with Crippen LogP contribution < -0.4 is 10.2 Å². The Morgan fingerprint density at radius 2 is 1.59 bits per heavy atom. The summed E-state index contributed by atoms with van der Waals surface area (Å²) in [6.07, 6.45) is 0. The molecule has 1 aromatic carbocycles. The topological polar surface area (TPSA) is 76.2 Å². The van der Waals surface area contributed by atoms with Gasteiger partial charge >= 0.3 is 11.8 Å². The van der Waals surface area contributed by atoms with Crippen molar-refractivity contribution >= 4 is 29.1 Å². The van der Waals surface area contributed by atoms with E-state index in [0.717, 1.165) is 49.7 Å². The summed E-state index contributed by atoms with van der Waals surface area (Å²) >= 11 is 0. The van der Waals surface area contributed by atoms with Crippen LogP contribution >= 0.6 is 0 Å². The normalized spacial score (nSPS) is 18.4. The Hall–Kier alpha value is -2.61. The van der Waals surface area contributed by atoms with Gasteiger partial charge in [0.15, 0.2) is 0 Å². The van der Waals surface area contributed by atoms with E-state index in [1.54, 1.807) is 0 Å². The second-order valence-corrected chi connectivity index (χ2v) is 7.58. The molecule has 29 heavy (non-hydrogen) atoms. The molecule has 3 amide bonds. The molecule has 3 rings (SSSR count). The Morgan fingerprint density at radius 1 is 0.931 bits per heavy atom. The fourth-order valence-corrected chi connectivity index (χ4v) is 3.84. The van der Waals surface area contributed by atoms with Crippen LogP contribution in [0, 0.1) is 6.92 Å². The first-order valence-electron chi connectivity index (χ1n) is 10.4. The third-order valence-electron chi connectivity index (χ3n) is 5.78. The van der Waals surface area contributed by atoms with Gasteiger partial charge in [-0.3, -0.25) is 14.4 Å². The number of amides is 3. The number of rotatable bonds is 6. The molecule has 2 aliphatic rings. The number of hydrogen-bond acceptors (Lipinski definition) is 5. The standard InChI is InChI=1S/C21H31N5O3/c1-4-23-8-10-25(11-9-23)17-6-7-18(16(3)14-17)22-19(27)15-26-13-12-24(5-2)20(28)21(26)29/h6-7,14H,4-5,8-13,15H2,1-3H3,(H,22,27). The van der Waals surface area contributed by atoms with Gasteiger partial charge in [-0.1, -0.05) is 6.92 Å². The maximum Gasteiger partial charge on any atom is 0.312 e. The molecule has 1 aromatic rings. The van der Waals surface area contributed by atoms with Crippen LogP contribution in [0.4, 0.5) is 11.4 Å². The van der Waals surface area contributed by atoms with E-state index in [9.17, 15) is 14.4 Å². The van der Waals surface area contributed by atoms with Crippen molar-refractivity contribution in [3.05, 3.63) is 23.8 Å². The highest BCUT2D eigenvalue weighted by Gasteiger charge is 2.32. The average Bonchev–Trinajstić information content (AvgIpc) is 2.73. The van der Waals surface area contributed by atoms with Crippen molar-refractivity contribution < 1.29 is 14.4 Å². The number of likely N-dealkylation sites (N-methyl/N-ethyl adjacent to an activating group) is 2. The molecular formula is C21H31N5O3. The Labute approximate surface area is 172 Å². The Balaban J connectivity index is 1.57. The molecule has 0 spiro atoms. The fraction of sp³-hybridized carbons (Fsp3) is 0.571. The van der Waals surface area contributed by atoms with Crippen LogP contribution in [0.1, 0.15) is 19.4 Å². The van der Waals surface area contributed by atoms with Gasteiger partial charge in [0.1, 0.15) is 6.54 Å². The minimum atomic E-state index is -0.605. The van der Waals surface area contributed by atoms with Crippen molar-refractivity contribution in [2.45, 2.75) is 20.8 Å². The number of aryl methyl sites for hydroxylation is 1. The second kappa shape index (κ2) is 9.26. The lowest BCUT2D eigenvalue weighted by Crippen LogP contribution is -2.55. The Morgan fingerprint density at radius 3 is 2.21 bits per heavy atom. The van der Waals surface area contributed by atoms with Gasteiger partial charge in [-0.25, -0.2) is 0 Å². The molecule has 0 bridgehead atoms. The molecule has 0 radical (unpaired) electrons. The summed E-state index contributed by atoms with van der Waals surface area (Å²) in [4.78, 5) is 44.2. The highest BCUT2D eigenvalue weighted by molar-refractivity contribution is 6.35.